The number of ether oxygens (including phenoxy) is 2. The summed E-state index contributed by atoms with van der Waals surface area (Å²) in [6.45, 7) is 5.94. The topological polar surface area (TPSA) is 67.8 Å². The van der Waals surface area contributed by atoms with Crippen molar-refractivity contribution in [3.05, 3.63) is 66.7 Å². The Morgan fingerprint density at radius 2 is 1.89 bits per heavy atom. The maximum Gasteiger partial charge on any atom is 0.412 e. The van der Waals surface area contributed by atoms with Crippen molar-refractivity contribution < 1.29 is 19.4 Å². The van der Waals surface area contributed by atoms with E-state index >= 15 is 0 Å². The molecule has 0 aliphatic carbocycles. The first-order valence-electron chi connectivity index (χ1n) is 8.65. The number of rotatable bonds is 9. The molecule has 2 N–H and O–H groups in total. The monoisotopic (exact) mass is 387 g/mol. The number of nitrogens with one attached hydrogen (secondary N) is 1. The number of thioether (sulfide) groups is 1. The Morgan fingerprint density at radius 1 is 1.22 bits per heavy atom. The van der Waals surface area contributed by atoms with Gasteiger partial charge in [0.15, 0.2) is 0 Å². The summed E-state index contributed by atoms with van der Waals surface area (Å²) in [6.07, 6.45) is 2.76. The van der Waals surface area contributed by atoms with E-state index in [1.807, 2.05) is 49.6 Å². The van der Waals surface area contributed by atoms with Gasteiger partial charge in [-0.15, -0.1) is 18.3 Å². The van der Waals surface area contributed by atoms with Crippen LogP contribution >= 0.6 is 11.8 Å². The molecule has 0 fully saturated rings. The third-order valence-corrected chi connectivity index (χ3v) is 4.73. The fourth-order valence-corrected chi connectivity index (χ4v) is 2.86. The molecule has 0 saturated heterocycles. The van der Waals surface area contributed by atoms with Crippen molar-refractivity contribution in [1.82, 2.24) is 0 Å². The second-order valence-corrected chi connectivity index (χ2v) is 6.79. The van der Waals surface area contributed by atoms with Crippen LogP contribution in [0.1, 0.15) is 18.6 Å². The molecule has 27 heavy (non-hydrogen) atoms. The van der Waals surface area contributed by atoms with Gasteiger partial charge in [-0.1, -0.05) is 25.1 Å². The predicted octanol–water partition coefficient (Wildman–Crippen LogP) is 4.89. The number of benzene rings is 2. The van der Waals surface area contributed by atoms with Gasteiger partial charge in [0.1, 0.15) is 18.5 Å². The largest absolute Gasteiger partial charge is 0.491 e. The van der Waals surface area contributed by atoms with Gasteiger partial charge < -0.3 is 14.6 Å². The van der Waals surface area contributed by atoms with E-state index in [1.54, 1.807) is 30.0 Å². The third kappa shape index (κ3) is 6.34. The van der Waals surface area contributed by atoms with E-state index in [1.165, 1.54) is 0 Å². The lowest BCUT2D eigenvalue weighted by Gasteiger charge is -2.23. The van der Waals surface area contributed by atoms with Crippen LogP contribution in [-0.4, -0.2) is 30.7 Å². The average Bonchev–Trinajstić information content (AvgIpc) is 2.71. The minimum atomic E-state index is -0.522. The van der Waals surface area contributed by atoms with Crippen LogP contribution in [0.25, 0.3) is 0 Å². The molecule has 0 heterocycles. The smallest absolute Gasteiger partial charge is 0.412 e. The minimum absolute atomic E-state index is 0.0426. The summed E-state index contributed by atoms with van der Waals surface area (Å²) < 4.78 is 11.0. The molecule has 0 saturated carbocycles. The Labute approximate surface area is 164 Å². The van der Waals surface area contributed by atoms with Crippen LogP contribution in [0.4, 0.5) is 10.5 Å². The fraction of sp³-hybridized carbons (Fsp3) is 0.286. The molecular weight excluding hydrogens is 362 g/mol. The van der Waals surface area contributed by atoms with E-state index < -0.39 is 12.2 Å². The van der Waals surface area contributed by atoms with Gasteiger partial charge in [-0.25, -0.2) is 4.79 Å². The van der Waals surface area contributed by atoms with Crippen molar-refractivity contribution in [3.8, 4) is 5.75 Å². The lowest BCUT2D eigenvalue weighted by molar-refractivity contribution is 0.0897. The Morgan fingerprint density at radius 3 is 2.44 bits per heavy atom. The number of carbonyl (C=O) groups is 1. The third-order valence-electron chi connectivity index (χ3n) is 3.99. The Balaban J connectivity index is 2.06. The molecule has 0 aromatic heterocycles. The molecule has 2 aromatic carbocycles. The maximum atomic E-state index is 12.4. The van der Waals surface area contributed by atoms with Gasteiger partial charge in [-0.3, -0.25) is 5.32 Å². The molecule has 0 spiro atoms. The molecule has 0 unspecified atom stereocenters. The number of hydrogen-bond donors (Lipinski definition) is 2. The number of amides is 1. The Hall–Kier alpha value is -2.44. The molecule has 2 aromatic rings. The molecule has 0 aliphatic rings. The molecule has 0 aliphatic heterocycles. The summed E-state index contributed by atoms with van der Waals surface area (Å²) in [5, 5.41) is 11.6. The van der Waals surface area contributed by atoms with Crippen LogP contribution in [-0.2, 0) is 4.74 Å². The van der Waals surface area contributed by atoms with Gasteiger partial charge >= 0.3 is 6.09 Å². The van der Waals surface area contributed by atoms with Gasteiger partial charge in [0.05, 0.1) is 6.61 Å². The second kappa shape index (κ2) is 10.6. The van der Waals surface area contributed by atoms with Crippen LogP contribution < -0.4 is 10.1 Å². The van der Waals surface area contributed by atoms with Crippen molar-refractivity contribution in [2.75, 3.05) is 24.8 Å². The van der Waals surface area contributed by atoms with Crippen LogP contribution in [0, 0.1) is 5.92 Å². The van der Waals surface area contributed by atoms with E-state index in [9.17, 15) is 4.79 Å². The summed E-state index contributed by atoms with van der Waals surface area (Å²) >= 11 is 1.64. The van der Waals surface area contributed by atoms with Crippen molar-refractivity contribution in [1.29, 1.82) is 0 Å². The second-order valence-electron chi connectivity index (χ2n) is 5.92. The molecule has 2 rings (SSSR count). The van der Waals surface area contributed by atoms with Gasteiger partial charge in [0.25, 0.3) is 0 Å². The summed E-state index contributed by atoms with van der Waals surface area (Å²) in [4.78, 5) is 13.5. The highest BCUT2D eigenvalue weighted by molar-refractivity contribution is 7.98. The molecule has 1 amide bonds. The Bertz CT molecular complexity index is 731. The first-order valence-corrected chi connectivity index (χ1v) is 9.87. The summed E-state index contributed by atoms with van der Waals surface area (Å²) in [5.41, 5.74) is 1.52. The molecular formula is C21H25NO4S. The number of aliphatic hydroxyl groups excluding tert-OH is 1. The minimum Gasteiger partial charge on any atom is -0.491 e. The summed E-state index contributed by atoms with van der Waals surface area (Å²) in [5.74, 6) is 0.579. The van der Waals surface area contributed by atoms with Crippen molar-refractivity contribution in [3.63, 3.8) is 0 Å². The predicted molar refractivity (Wildman–Crippen MR) is 109 cm³/mol. The number of hydrogen-bond acceptors (Lipinski definition) is 5. The van der Waals surface area contributed by atoms with Gasteiger partial charge in [0.2, 0.25) is 0 Å². The van der Waals surface area contributed by atoms with Crippen LogP contribution in [0.15, 0.2) is 66.1 Å². The average molecular weight is 388 g/mol. The highest BCUT2D eigenvalue weighted by atomic mass is 32.2. The van der Waals surface area contributed by atoms with E-state index in [0.717, 1.165) is 10.5 Å². The lowest BCUT2D eigenvalue weighted by atomic mass is 9.97. The Kier molecular flexibility index (Phi) is 8.23. The standard InChI is InChI=1S/C21H25NO4S/c1-4-15(2)20(16-5-9-18(10-6-16)25-14-13-23)26-21(24)22-17-7-11-19(27-3)12-8-17/h4-12,15,20,23H,1,13-14H2,2-3H3,(H,22,24)/t15-,20+/m1/s1. The van der Waals surface area contributed by atoms with Crippen molar-refractivity contribution in [2.24, 2.45) is 5.92 Å². The number of aliphatic hydroxyl groups is 1. The highest BCUT2D eigenvalue weighted by Gasteiger charge is 2.22. The van der Waals surface area contributed by atoms with E-state index in [0.29, 0.717) is 11.4 Å². The van der Waals surface area contributed by atoms with Crippen LogP contribution in [0.5, 0.6) is 5.75 Å². The zero-order valence-electron chi connectivity index (χ0n) is 15.6. The van der Waals surface area contributed by atoms with E-state index in [4.69, 9.17) is 14.6 Å². The lowest BCUT2D eigenvalue weighted by Crippen LogP contribution is -2.21. The molecule has 6 heteroatoms. The first-order chi connectivity index (χ1) is 13.1. The summed E-state index contributed by atoms with van der Waals surface area (Å²) in [6, 6.07) is 14.8. The molecule has 2 atom stereocenters. The number of carbonyl (C=O) groups excluding carboxylic acids is 1. The maximum absolute atomic E-state index is 12.4. The quantitative estimate of drug-likeness (QED) is 0.474. The number of anilines is 1. The normalized spacial score (nSPS) is 12.7. The highest BCUT2D eigenvalue weighted by Crippen LogP contribution is 2.29. The SMILES string of the molecule is C=C[C@@H](C)[C@H](OC(=O)Nc1ccc(SC)cc1)c1ccc(OCCO)cc1. The van der Waals surface area contributed by atoms with Gasteiger partial charge in [-0.2, -0.15) is 0 Å². The first kappa shape index (κ1) is 20.9. The van der Waals surface area contributed by atoms with E-state index in [-0.39, 0.29) is 19.1 Å². The van der Waals surface area contributed by atoms with Crippen LogP contribution in [0.3, 0.4) is 0 Å². The van der Waals surface area contributed by atoms with Crippen molar-refractivity contribution >= 4 is 23.5 Å². The van der Waals surface area contributed by atoms with Crippen molar-refractivity contribution in [2.45, 2.75) is 17.9 Å². The molecule has 0 radical (unpaired) electrons. The zero-order chi connectivity index (χ0) is 19.6. The molecule has 144 valence electrons. The van der Waals surface area contributed by atoms with Gasteiger partial charge in [-0.05, 0) is 48.2 Å². The van der Waals surface area contributed by atoms with Gasteiger partial charge in [0, 0.05) is 16.5 Å². The molecule has 5 nitrogen and oxygen atoms in total. The summed E-state index contributed by atoms with van der Waals surface area (Å²) in [7, 11) is 0. The zero-order valence-corrected chi connectivity index (χ0v) is 16.4. The molecule has 0 bridgehead atoms. The van der Waals surface area contributed by atoms with E-state index in [2.05, 4.69) is 11.9 Å². The fourth-order valence-electron chi connectivity index (χ4n) is 2.46. The van der Waals surface area contributed by atoms with Crippen LogP contribution in [0.2, 0.25) is 0 Å².